The molecule has 0 radical (unpaired) electrons. The molecule has 1 aliphatic heterocycles. The summed E-state index contributed by atoms with van der Waals surface area (Å²) >= 11 is 6.05. The molecule has 4 aromatic rings. The summed E-state index contributed by atoms with van der Waals surface area (Å²) in [6.45, 7) is 1.39. The number of Topliss-reactive ketones (excluding diaryl/α,β-unsaturated/α-hetero) is 1. The fourth-order valence-electron chi connectivity index (χ4n) is 4.13. The first-order valence-corrected chi connectivity index (χ1v) is 11.0. The van der Waals surface area contributed by atoms with Gasteiger partial charge < -0.3 is 14.8 Å². The van der Waals surface area contributed by atoms with E-state index in [-0.39, 0.29) is 17.2 Å². The number of furan rings is 1. The number of hydrogen-bond acceptors (Lipinski definition) is 6. The molecule has 9 heteroatoms. The number of carbonyl (C=O) groups excluding carboxylic acids is 3. The molecule has 1 aliphatic rings. The Labute approximate surface area is 204 Å². The lowest BCUT2D eigenvalue weighted by Gasteiger charge is -2.26. The summed E-state index contributed by atoms with van der Waals surface area (Å²) in [5.74, 6) is -2.28. The quantitative estimate of drug-likeness (QED) is 0.373. The van der Waals surface area contributed by atoms with E-state index in [4.69, 9.17) is 16.0 Å². The van der Waals surface area contributed by atoms with E-state index in [1.165, 1.54) is 17.9 Å². The first-order chi connectivity index (χ1) is 16.8. The van der Waals surface area contributed by atoms with Crippen LogP contribution < -0.4 is 10.2 Å². The second-order valence-corrected chi connectivity index (χ2v) is 8.41. The lowest BCUT2D eigenvalue weighted by molar-refractivity contribution is -0.117. The molecule has 35 heavy (non-hydrogen) atoms. The third-order valence-electron chi connectivity index (χ3n) is 5.64. The molecular formula is C26H18ClN3O5. The predicted octanol–water partition coefficient (Wildman–Crippen LogP) is 5.22. The topological polar surface area (TPSA) is 113 Å². The largest absolute Gasteiger partial charge is 0.503 e. The number of aromatic nitrogens is 1. The fraction of sp³-hybridized carbons (Fsp3) is 0.0769. The van der Waals surface area contributed by atoms with Crippen LogP contribution in [0.1, 0.15) is 29.1 Å². The van der Waals surface area contributed by atoms with Crippen molar-refractivity contribution in [2.75, 3.05) is 10.2 Å². The van der Waals surface area contributed by atoms with Gasteiger partial charge in [0.25, 0.3) is 5.91 Å². The summed E-state index contributed by atoms with van der Waals surface area (Å²) < 4.78 is 5.72. The van der Waals surface area contributed by atoms with Gasteiger partial charge in [-0.05, 0) is 66.2 Å². The van der Waals surface area contributed by atoms with Crippen molar-refractivity contribution in [1.82, 2.24) is 4.98 Å². The Hall–Kier alpha value is -4.43. The van der Waals surface area contributed by atoms with Crippen molar-refractivity contribution in [1.29, 1.82) is 0 Å². The minimum absolute atomic E-state index is 0.0291. The van der Waals surface area contributed by atoms with E-state index < -0.39 is 23.5 Å². The van der Waals surface area contributed by atoms with Crippen LogP contribution in [0.15, 0.2) is 88.8 Å². The molecule has 0 saturated heterocycles. The second-order valence-electron chi connectivity index (χ2n) is 7.97. The number of nitrogens with zero attached hydrogens (tertiary/aromatic N) is 2. The van der Waals surface area contributed by atoms with Crippen LogP contribution in [0, 0.1) is 0 Å². The number of ketones is 1. The molecule has 5 rings (SSSR count). The van der Waals surface area contributed by atoms with Gasteiger partial charge in [0.05, 0.1) is 11.6 Å². The van der Waals surface area contributed by atoms with E-state index in [0.717, 1.165) is 0 Å². The SMILES string of the molecule is CC(=O)Nc1ccc(N2C(=O)C(O)=C(C(=O)c3cc4cc(Cl)ccc4o3)C2c2ccncc2)cc1. The Kier molecular flexibility index (Phi) is 5.58. The molecular weight excluding hydrogens is 470 g/mol. The van der Waals surface area contributed by atoms with Crippen LogP contribution in [-0.2, 0) is 9.59 Å². The zero-order valence-electron chi connectivity index (χ0n) is 18.4. The van der Waals surface area contributed by atoms with Gasteiger partial charge in [0.1, 0.15) is 5.58 Å². The number of hydrogen-bond donors (Lipinski definition) is 2. The number of amides is 2. The lowest BCUT2D eigenvalue weighted by Crippen LogP contribution is -2.31. The summed E-state index contributed by atoms with van der Waals surface area (Å²) in [5.41, 5.74) is 1.88. The minimum atomic E-state index is -0.929. The van der Waals surface area contributed by atoms with Crippen molar-refractivity contribution in [2.24, 2.45) is 0 Å². The summed E-state index contributed by atoms with van der Waals surface area (Å²) in [7, 11) is 0. The van der Waals surface area contributed by atoms with Crippen LogP contribution in [0.5, 0.6) is 0 Å². The maximum absolute atomic E-state index is 13.6. The van der Waals surface area contributed by atoms with Crippen LogP contribution in [-0.4, -0.2) is 27.7 Å². The van der Waals surface area contributed by atoms with Crippen molar-refractivity contribution in [3.63, 3.8) is 0 Å². The normalized spacial score (nSPS) is 15.7. The van der Waals surface area contributed by atoms with Gasteiger partial charge in [-0.1, -0.05) is 11.6 Å². The van der Waals surface area contributed by atoms with Gasteiger partial charge >= 0.3 is 0 Å². The van der Waals surface area contributed by atoms with E-state index in [1.54, 1.807) is 67.0 Å². The Balaban J connectivity index is 1.59. The molecule has 2 amide bonds. The summed E-state index contributed by atoms with van der Waals surface area (Å²) in [6.07, 6.45) is 3.08. The Morgan fingerprint density at radius 3 is 2.46 bits per heavy atom. The molecule has 2 aromatic carbocycles. The molecule has 0 saturated carbocycles. The molecule has 2 N–H and O–H groups in total. The zero-order valence-corrected chi connectivity index (χ0v) is 19.1. The molecule has 8 nitrogen and oxygen atoms in total. The number of nitrogens with one attached hydrogen (secondary N) is 1. The third kappa shape index (κ3) is 4.04. The molecule has 3 heterocycles. The maximum atomic E-state index is 13.6. The number of halogens is 1. The van der Waals surface area contributed by atoms with E-state index in [1.807, 2.05) is 0 Å². The standard InChI is InChI=1S/C26H18ClN3O5/c1-14(31)29-18-3-5-19(6-4-18)30-23(15-8-10-28-11-9-15)22(25(33)26(30)34)24(32)21-13-16-12-17(27)2-7-20(16)35-21/h2-13,23,33H,1H3,(H,29,31). The van der Waals surface area contributed by atoms with Gasteiger partial charge in [-0.3, -0.25) is 24.3 Å². The summed E-state index contributed by atoms with van der Waals surface area (Å²) in [4.78, 5) is 43.5. The van der Waals surface area contributed by atoms with Crippen LogP contribution in [0.2, 0.25) is 5.02 Å². The van der Waals surface area contributed by atoms with Crippen molar-refractivity contribution >= 4 is 51.5 Å². The summed E-state index contributed by atoms with van der Waals surface area (Å²) in [5, 5.41) is 14.6. The number of fused-ring (bicyclic) bond motifs is 1. The Morgan fingerprint density at radius 2 is 1.77 bits per heavy atom. The van der Waals surface area contributed by atoms with Crippen molar-refractivity contribution in [3.05, 3.63) is 101 Å². The molecule has 0 bridgehead atoms. The second kappa shape index (κ2) is 8.73. The molecule has 1 atom stereocenters. The molecule has 1 unspecified atom stereocenters. The fourth-order valence-corrected chi connectivity index (χ4v) is 4.31. The third-order valence-corrected chi connectivity index (χ3v) is 5.88. The van der Waals surface area contributed by atoms with E-state index in [2.05, 4.69) is 10.3 Å². The first-order valence-electron chi connectivity index (χ1n) is 10.6. The van der Waals surface area contributed by atoms with Crippen LogP contribution in [0.25, 0.3) is 11.0 Å². The van der Waals surface area contributed by atoms with Gasteiger partial charge in [-0.15, -0.1) is 0 Å². The van der Waals surface area contributed by atoms with Gasteiger partial charge in [0.2, 0.25) is 11.7 Å². The van der Waals surface area contributed by atoms with Gasteiger partial charge in [0.15, 0.2) is 11.5 Å². The van der Waals surface area contributed by atoms with E-state index >= 15 is 0 Å². The Bertz CT molecular complexity index is 1510. The van der Waals surface area contributed by atoms with Crippen LogP contribution in [0.3, 0.4) is 0 Å². The van der Waals surface area contributed by atoms with Gasteiger partial charge in [-0.25, -0.2) is 0 Å². The average molecular weight is 488 g/mol. The number of pyridine rings is 1. The molecule has 0 aliphatic carbocycles. The highest BCUT2D eigenvalue weighted by Crippen LogP contribution is 2.42. The molecule has 0 spiro atoms. The van der Waals surface area contributed by atoms with Crippen molar-refractivity contribution in [2.45, 2.75) is 13.0 Å². The van der Waals surface area contributed by atoms with Crippen LogP contribution in [0.4, 0.5) is 11.4 Å². The number of benzene rings is 2. The number of anilines is 2. The number of rotatable bonds is 5. The van der Waals surface area contributed by atoms with E-state index in [0.29, 0.717) is 32.9 Å². The highest BCUT2D eigenvalue weighted by Gasteiger charge is 2.45. The molecule has 2 aromatic heterocycles. The van der Waals surface area contributed by atoms with E-state index in [9.17, 15) is 19.5 Å². The minimum Gasteiger partial charge on any atom is -0.503 e. The molecule has 0 fully saturated rings. The zero-order chi connectivity index (χ0) is 24.7. The van der Waals surface area contributed by atoms with Gasteiger partial charge in [-0.2, -0.15) is 0 Å². The lowest BCUT2D eigenvalue weighted by atomic mass is 9.95. The smallest absolute Gasteiger partial charge is 0.294 e. The van der Waals surface area contributed by atoms with Gasteiger partial charge in [0, 0.05) is 41.1 Å². The maximum Gasteiger partial charge on any atom is 0.294 e. The number of aliphatic hydroxyl groups excluding tert-OH is 1. The predicted molar refractivity (Wildman–Crippen MR) is 130 cm³/mol. The average Bonchev–Trinajstić information content (AvgIpc) is 3.38. The first kappa shape index (κ1) is 22.4. The van der Waals surface area contributed by atoms with Crippen LogP contribution >= 0.6 is 11.6 Å². The number of aliphatic hydroxyl groups is 1. The van der Waals surface area contributed by atoms with Crippen molar-refractivity contribution < 1.29 is 23.9 Å². The highest BCUT2D eigenvalue weighted by molar-refractivity contribution is 6.31. The van der Waals surface area contributed by atoms with Crippen molar-refractivity contribution in [3.8, 4) is 0 Å². The Morgan fingerprint density at radius 1 is 1.06 bits per heavy atom. The monoisotopic (exact) mass is 487 g/mol. The summed E-state index contributed by atoms with van der Waals surface area (Å²) in [6, 6.07) is 15.4. The molecule has 174 valence electrons. The number of carbonyl (C=O) groups is 3. The highest BCUT2D eigenvalue weighted by atomic mass is 35.5.